The molecule has 0 aliphatic rings. The van der Waals surface area contributed by atoms with E-state index in [0.717, 1.165) is 6.07 Å². The highest BCUT2D eigenvalue weighted by Crippen LogP contribution is 2.27. The van der Waals surface area contributed by atoms with Gasteiger partial charge in [0.05, 0.1) is 18.6 Å². The van der Waals surface area contributed by atoms with Crippen molar-refractivity contribution in [3.8, 4) is 11.8 Å². The van der Waals surface area contributed by atoms with Crippen molar-refractivity contribution in [1.82, 2.24) is 0 Å². The molecule has 0 bridgehead atoms. The normalized spacial score (nSPS) is 10.1. The molecular formula is C12H11F2NO3S. The van der Waals surface area contributed by atoms with Crippen LogP contribution in [0.2, 0.25) is 0 Å². The molecule has 0 saturated carbocycles. The van der Waals surface area contributed by atoms with Crippen molar-refractivity contribution in [3.63, 3.8) is 0 Å². The molecule has 7 heteroatoms. The lowest BCUT2D eigenvalue weighted by Gasteiger charge is -2.12. The van der Waals surface area contributed by atoms with Crippen molar-refractivity contribution >= 4 is 18.6 Å². The van der Waals surface area contributed by atoms with Crippen LogP contribution in [0.4, 0.5) is 8.78 Å². The molecule has 0 radical (unpaired) electrons. The van der Waals surface area contributed by atoms with Crippen molar-refractivity contribution in [2.24, 2.45) is 0 Å². The summed E-state index contributed by atoms with van der Waals surface area (Å²) in [6.07, 6.45) is -0.227. The first-order valence-electron chi connectivity index (χ1n) is 5.34. The lowest BCUT2D eigenvalue weighted by atomic mass is 10.1. The maximum absolute atomic E-state index is 12.3. The Bertz CT molecular complexity index is 514. The Balaban J connectivity index is 3.10. The predicted octanol–water partition coefficient (Wildman–Crippen LogP) is 2.55. The molecule has 0 atom stereocenters. The average molecular weight is 287 g/mol. The Morgan fingerprint density at radius 2 is 2.21 bits per heavy atom. The summed E-state index contributed by atoms with van der Waals surface area (Å²) >= 11 is 4.04. The minimum Gasteiger partial charge on any atom is -0.466 e. The van der Waals surface area contributed by atoms with Gasteiger partial charge >= 0.3 is 12.6 Å². The summed E-state index contributed by atoms with van der Waals surface area (Å²) in [5.74, 6) is -0.795. The standard InChI is InChI=1S/C12H11F2NO3S/c1-2-17-11(16)5-7-4-10(19)8(6-15)3-9(7)18-12(13)14/h3-4,12,19H,2,5H2,1H3. The first-order chi connectivity index (χ1) is 8.97. The lowest BCUT2D eigenvalue weighted by Crippen LogP contribution is -2.11. The van der Waals surface area contributed by atoms with Crippen LogP contribution in [0.3, 0.4) is 0 Å². The molecule has 0 saturated heterocycles. The molecule has 0 aliphatic heterocycles. The number of hydrogen-bond donors (Lipinski definition) is 1. The third-order valence-corrected chi connectivity index (χ3v) is 2.53. The quantitative estimate of drug-likeness (QED) is 0.668. The number of nitriles is 1. The van der Waals surface area contributed by atoms with Crippen molar-refractivity contribution in [1.29, 1.82) is 5.26 Å². The zero-order chi connectivity index (χ0) is 14.4. The molecule has 1 rings (SSSR count). The molecular weight excluding hydrogens is 276 g/mol. The molecule has 1 aromatic carbocycles. The summed E-state index contributed by atoms with van der Waals surface area (Å²) in [4.78, 5) is 11.6. The van der Waals surface area contributed by atoms with Gasteiger partial charge in [0.1, 0.15) is 11.8 Å². The van der Waals surface area contributed by atoms with Crippen molar-refractivity contribution < 1.29 is 23.0 Å². The Kier molecular flexibility index (Phi) is 5.57. The molecule has 102 valence electrons. The van der Waals surface area contributed by atoms with Crippen LogP contribution < -0.4 is 4.74 Å². The number of halogens is 2. The first kappa shape index (κ1) is 15.2. The summed E-state index contributed by atoms with van der Waals surface area (Å²) in [5, 5.41) is 8.80. The first-order valence-corrected chi connectivity index (χ1v) is 5.79. The van der Waals surface area contributed by atoms with Crippen molar-refractivity contribution in [2.75, 3.05) is 6.61 Å². The molecule has 4 nitrogen and oxygen atoms in total. The Labute approximate surface area is 114 Å². The number of thiol groups is 1. The second-order valence-electron chi connectivity index (χ2n) is 3.45. The molecule has 0 spiro atoms. The van der Waals surface area contributed by atoms with Gasteiger partial charge in [-0.1, -0.05) is 0 Å². The van der Waals surface area contributed by atoms with Gasteiger partial charge in [0.25, 0.3) is 0 Å². The highest BCUT2D eigenvalue weighted by molar-refractivity contribution is 7.80. The van der Waals surface area contributed by atoms with Gasteiger partial charge < -0.3 is 9.47 Å². The van der Waals surface area contributed by atoms with Crippen LogP contribution in [0.1, 0.15) is 18.1 Å². The molecule has 0 N–H and O–H groups in total. The molecule has 0 amide bonds. The van der Waals surface area contributed by atoms with E-state index in [1.165, 1.54) is 6.07 Å². The van der Waals surface area contributed by atoms with Crippen molar-refractivity contribution in [3.05, 3.63) is 23.3 Å². The monoisotopic (exact) mass is 287 g/mol. The number of esters is 1. The van der Waals surface area contributed by atoms with Gasteiger partial charge in [0.15, 0.2) is 0 Å². The Morgan fingerprint density at radius 3 is 2.74 bits per heavy atom. The van der Waals surface area contributed by atoms with Crippen molar-refractivity contribution in [2.45, 2.75) is 24.9 Å². The van der Waals surface area contributed by atoms with Gasteiger partial charge in [-0.2, -0.15) is 14.0 Å². The van der Waals surface area contributed by atoms with Crippen LogP contribution in [-0.4, -0.2) is 19.2 Å². The highest BCUT2D eigenvalue weighted by atomic mass is 32.1. The van der Waals surface area contributed by atoms with Gasteiger partial charge in [-0.3, -0.25) is 4.79 Å². The second-order valence-corrected chi connectivity index (χ2v) is 3.93. The Morgan fingerprint density at radius 1 is 1.53 bits per heavy atom. The third kappa shape index (κ3) is 4.41. The topological polar surface area (TPSA) is 59.3 Å². The van der Waals surface area contributed by atoms with Gasteiger partial charge in [0, 0.05) is 10.5 Å². The molecule has 0 heterocycles. The fraction of sp³-hybridized carbons (Fsp3) is 0.333. The van der Waals surface area contributed by atoms with Gasteiger partial charge in [-0.05, 0) is 19.1 Å². The fourth-order valence-electron chi connectivity index (χ4n) is 1.41. The van der Waals surface area contributed by atoms with Crippen LogP contribution in [-0.2, 0) is 16.0 Å². The third-order valence-electron chi connectivity index (χ3n) is 2.16. The average Bonchev–Trinajstić information content (AvgIpc) is 2.32. The van der Waals surface area contributed by atoms with E-state index in [9.17, 15) is 13.6 Å². The number of rotatable bonds is 5. The molecule has 1 aromatic rings. The number of carbonyl (C=O) groups is 1. The van der Waals surface area contributed by atoms with Crippen LogP contribution in [0.15, 0.2) is 17.0 Å². The number of benzene rings is 1. The molecule has 0 aliphatic carbocycles. The van der Waals surface area contributed by atoms with Gasteiger partial charge in [0.2, 0.25) is 0 Å². The Hall–Kier alpha value is -1.81. The lowest BCUT2D eigenvalue weighted by molar-refractivity contribution is -0.142. The van der Waals surface area contributed by atoms with Crippen LogP contribution >= 0.6 is 12.6 Å². The zero-order valence-electron chi connectivity index (χ0n) is 10.0. The maximum atomic E-state index is 12.3. The number of nitrogens with zero attached hydrogens (tertiary/aromatic N) is 1. The smallest absolute Gasteiger partial charge is 0.387 e. The van der Waals surface area contributed by atoms with E-state index >= 15 is 0 Å². The molecule has 0 unspecified atom stereocenters. The molecule has 0 aromatic heterocycles. The van der Waals surface area contributed by atoms with Crippen LogP contribution in [0.5, 0.6) is 5.75 Å². The van der Waals surface area contributed by atoms with Crippen LogP contribution in [0, 0.1) is 11.3 Å². The molecule has 19 heavy (non-hydrogen) atoms. The fourth-order valence-corrected chi connectivity index (χ4v) is 1.68. The highest BCUT2D eigenvalue weighted by Gasteiger charge is 2.16. The molecule has 0 fully saturated rings. The summed E-state index contributed by atoms with van der Waals surface area (Å²) < 4.78 is 33.6. The van der Waals surface area contributed by atoms with E-state index < -0.39 is 12.6 Å². The number of ether oxygens (including phenoxy) is 2. The van der Waals surface area contributed by atoms with Crippen LogP contribution in [0.25, 0.3) is 0 Å². The predicted molar refractivity (Wildman–Crippen MR) is 65.4 cm³/mol. The zero-order valence-corrected chi connectivity index (χ0v) is 10.9. The largest absolute Gasteiger partial charge is 0.466 e. The number of carbonyl (C=O) groups excluding carboxylic acids is 1. The van der Waals surface area contributed by atoms with E-state index in [4.69, 9.17) is 10.00 Å². The van der Waals surface area contributed by atoms with E-state index in [-0.39, 0.29) is 34.8 Å². The van der Waals surface area contributed by atoms with E-state index in [2.05, 4.69) is 17.4 Å². The minimum atomic E-state index is -3.04. The van der Waals surface area contributed by atoms with Gasteiger partial charge in [-0.25, -0.2) is 0 Å². The summed E-state index contributed by atoms with van der Waals surface area (Å²) in [5.41, 5.74) is 0.286. The number of hydrogen-bond acceptors (Lipinski definition) is 5. The van der Waals surface area contributed by atoms with E-state index in [1.807, 2.05) is 0 Å². The summed E-state index contributed by atoms with van der Waals surface area (Å²) in [6, 6.07) is 4.27. The van der Waals surface area contributed by atoms with E-state index in [1.54, 1.807) is 13.0 Å². The van der Waals surface area contributed by atoms with Gasteiger partial charge in [-0.15, -0.1) is 12.6 Å². The SMILES string of the molecule is CCOC(=O)Cc1cc(S)c(C#N)cc1OC(F)F. The second kappa shape index (κ2) is 6.95. The summed E-state index contributed by atoms with van der Waals surface area (Å²) in [7, 11) is 0. The summed E-state index contributed by atoms with van der Waals surface area (Å²) in [6.45, 7) is -1.22. The minimum absolute atomic E-state index is 0.0894. The van der Waals surface area contributed by atoms with E-state index in [0.29, 0.717) is 0 Å². The maximum Gasteiger partial charge on any atom is 0.387 e. The number of alkyl halides is 2.